The second-order valence-electron chi connectivity index (χ2n) is 6.12. The standard InChI is InChI=1S/C9H24Ge2/c1-9(2,10(3,4)5)11(6,7)8/h1-8H3. The zero-order chi connectivity index (χ0) is 9.50. The van der Waals surface area contributed by atoms with Crippen molar-refractivity contribution in [3.05, 3.63) is 0 Å². The third kappa shape index (κ3) is 2.51. The molecule has 0 atom stereocenters. The predicted molar refractivity (Wildman–Crippen MR) is 60.7 cm³/mol. The zero-order valence-electron chi connectivity index (χ0n) is 9.50. The number of rotatable bonds is 2. The molecule has 0 aliphatic carbocycles. The Labute approximate surface area is 77.9 Å². The SMILES string of the molecule is C[C](C)([Ge]([CH3])([CH3])[CH3])[Ge]([CH3])([CH3])[CH3]. The summed E-state index contributed by atoms with van der Waals surface area (Å²) in [6.45, 7) is 5.04. The Morgan fingerprint density at radius 1 is 0.636 bits per heavy atom. The molecule has 68 valence electrons. The van der Waals surface area contributed by atoms with E-state index in [0.717, 1.165) is 3.08 Å². The molecule has 0 amide bonds. The molecule has 0 saturated carbocycles. The van der Waals surface area contributed by atoms with Crippen molar-refractivity contribution in [3.8, 4) is 0 Å². The Balaban J connectivity index is 4.75. The summed E-state index contributed by atoms with van der Waals surface area (Å²) in [6.07, 6.45) is 0. The van der Waals surface area contributed by atoms with Gasteiger partial charge in [-0.3, -0.25) is 0 Å². The third-order valence-electron chi connectivity index (χ3n) is 3.75. The van der Waals surface area contributed by atoms with E-state index >= 15 is 0 Å². The fourth-order valence-electron chi connectivity index (χ4n) is 1.12. The summed E-state index contributed by atoms with van der Waals surface area (Å²) in [6, 6.07) is 0. The molecule has 0 rings (SSSR count). The summed E-state index contributed by atoms with van der Waals surface area (Å²) in [5.41, 5.74) is 0. The Morgan fingerprint density at radius 3 is 0.818 bits per heavy atom. The molecule has 0 saturated heterocycles. The third-order valence-corrected chi connectivity index (χ3v) is 35.8. The van der Waals surface area contributed by atoms with Gasteiger partial charge in [0, 0.05) is 0 Å². The van der Waals surface area contributed by atoms with Crippen LogP contribution < -0.4 is 0 Å². The fourth-order valence-corrected chi connectivity index (χ4v) is 30.4. The molecule has 0 heterocycles. The monoisotopic (exact) mass is 280 g/mol. The summed E-state index contributed by atoms with van der Waals surface area (Å²) < 4.78 is 0.750. The molecule has 0 N–H and O–H groups in total. The molecular formula is C9H24Ge2. The van der Waals surface area contributed by atoms with Gasteiger partial charge in [-0.25, -0.2) is 0 Å². The zero-order valence-corrected chi connectivity index (χ0v) is 13.7. The summed E-state index contributed by atoms with van der Waals surface area (Å²) in [4.78, 5) is 0. The second kappa shape index (κ2) is 3.10. The van der Waals surface area contributed by atoms with Crippen molar-refractivity contribution in [3.63, 3.8) is 0 Å². The van der Waals surface area contributed by atoms with E-state index in [0.29, 0.717) is 0 Å². The van der Waals surface area contributed by atoms with Gasteiger partial charge in [-0.05, 0) is 0 Å². The van der Waals surface area contributed by atoms with Crippen LogP contribution in [-0.2, 0) is 0 Å². The van der Waals surface area contributed by atoms with Crippen LogP contribution in [0.4, 0.5) is 0 Å². The Morgan fingerprint density at radius 2 is 0.818 bits per heavy atom. The summed E-state index contributed by atoms with van der Waals surface area (Å²) in [5.74, 6) is 15.3. The molecule has 0 aliphatic heterocycles. The van der Waals surface area contributed by atoms with Gasteiger partial charge < -0.3 is 0 Å². The minimum absolute atomic E-state index is 0.750. The molecule has 0 bridgehead atoms. The van der Waals surface area contributed by atoms with Gasteiger partial charge in [-0.1, -0.05) is 0 Å². The summed E-state index contributed by atoms with van der Waals surface area (Å²) >= 11 is -2.85. The Kier molecular flexibility index (Phi) is 3.40. The van der Waals surface area contributed by atoms with E-state index in [1.54, 1.807) is 0 Å². The van der Waals surface area contributed by atoms with E-state index in [9.17, 15) is 0 Å². The molecule has 11 heavy (non-hydrogen) atoms. The van der Waals surface area contributed by atoms with Crippen molar-refractivity contribution in [2.24, 2.45) is 0 Å². The van der Waals surface area contributed by atoms with Crippen molar-refractivity contribution in [1.82, 2.24) is 0 Å². The first-order valence-corrected chi connectivity index (χ1v) is 19.2. The van der Waals surface area contributed by atoms with Crippen LogP contribution in [0.5, 0.6) is 0 Å². The number of hydrogen-bond acceptors (Lipinski definition) is 0. The van der Waals surface area contributed by atoms with E-state index in [-0.39, 0.29) is 0 Å². The molecule has 0 aromatic carbocycles. The van der Waals surface area contributed by atoms with Crippen molar-refractivity contribution in [1.29, 1.82) is 0 Å². The van der Waals surface area contributed by atoms with Crippen LogP contribution in [0.1, 0.15) is 13.8 Å². The second-order valence-corrected chi connectivity index (χ2v) is 32.5. The maximum absolute atomic E-state index is 2.55. The molecule has 0 aliphatic rings. The first-order chi connectivity index (χ1) is 4.50. The molecule has 0 nitrogen and oxygen atoms in total. The van der Waals surface area contributed by atoms with Crippen molar-refractivity contribution in [2.75, 3.05) is 0 Å². The van der Waals surface area contributed by atoms with Crippen molar-refractivity contribution in [2.45, 2.75) is 51.5 Å². The topological polar surface area (TPSA) is 0 Å². The first kappa shape index (κ1) is 12.1. The van der Waals surface area contributed by atoms with Gasteiger partial charge in [0.25, 0.3) is 0 Å². The van der Waals surface area contributed by atoms with Gasteiger partial charge in [-0.15, -0.1) is 0 Å². The summed E-state index contributed by atoms with van der Waals surface area (Å²) in [5, 5.41) is 0. The normalized spacial score (nSPS) is 15.3. The van der Waals surface area contributed by atoms with Crippen LogP contribution in [0.3, 0.4) is 0 Å². The fraction of sp³-hybridized carbons (Fsp3) is 1.00. The van der Waals surface area contributed by atoms with Crippen LogP contribution in [0.25, 0.3) is 0 Å². The molecule has 0 unspecified atom stereocenters. The van der Waals surface area contributed by atoms with Gasteiger partial charge in [0.2, 0.25) is 0 Å². The van der Waals surface area contributed by atoms with Crippen LogP contribution in [0.2, 0.25) is 37.6 Å². The molecule has 0 spiro atoms. The molecular weight excluding hydrogens is 253 g/mol. The molecule has 2 heteroatoms. The van der Waals surface area contributed by atoms with Gasteiger partial charge in [0.05, 0.1) is 0 Å². The molecule has 0 aromatic heterocycles. The van der Waals surface area contributed by atoms with Crippen molar-refractivity contribution < 1.29 is 0 Å². The molecule has 0 aromatic rings. The van der Waals surface area contributed by atoms with E-state index in [1.165, 1.54) is 0 Å². The first-order valence-electron chi connectivity index (χ1n) is 4.50. The van der Waals surface area contributed by atoms with E-state index in [2.05, 4.69) is 48.4 Å². The van der Waals surface area contributed by atoms with Crippen LogP contribution in [-0.4, -0.2) is 26.5 Å². The van der Waals surface area contributed by atoms with E-state index < -0.39 is 26.5 Å². The molecule has 0 fully saturated rings. The number of hydrogen-bond donors (Lipinski definition) is 0. The van der Waals surface area contributed by atoms with E-state index in [4.69, 9.17) is 0 Å². The summed E-state index contributed by atoms with van der Waals surface area (Å²) in [7, 11) is 0. The van der Waals surface area contributed by atoms with Crippen LogP contribution in [0.15, 0.2) is 0 Å². The van der Waals surface area contributed by atoms with Gasteiger partial charge in [0.1, 0.15) is 0 Å². The average Bonchev–Trinajstić information content (AvgIpc) is 1.58. The quantitative estimate of drug-likeness (QED) is 0.670. The van der Waals surface area contributed by atoms with Gasteiger partial charge in [-0.2, -0.15) is 0 Å². The Hall–Kier alpha value is 1.09. The predicted octanol–water partition coefficient (Wildman–Crippen LogP) is 3.98. The van der Waals surface area contributed by atoms with Crippen LogP contribution in [0, 0.1) is 0 Å². The minimum atomic E-state index is -1.43. The maximum atomic E-state index is 2.55. The molecule has 0 radical (unpaired) electrons. The Bertz CT molecular complexity index is 119. The average molecular weight is 278 g/mol. The van der Waals surface area contributed by atoms with Crippen molar-refractivity contribution >= 4 is 26.5 Å². The van der Waals surface area contributed by atoms with Gasteiger partial charge >= 0.3 is 78.0 Å². The van der Waals surface area contributed by atoms with Crippen LogP contribution >= 0.6 is 0 Å². The van der Waals surface area contributed by atoms with E-state index in [1.807, 2.05) is 0 Å². The van der Waals surface area contributed by atoms with Gasteiger partial charge in [0.15, 0.2) is 0 Å².